The van der Waals surface area contributed by atoms with Crippen LogP contribution in [0.25, 0.3) is 11.1 Å². The number of amides is 2. The summed E-state index contributed by atoms with van der Waals surface area (Å²) in [6, 6.07) is 20.1. The summed E-state index contributed by atoms with van der Waals surface area (Å²) in [5, 5.41) is 12.1. The first kappa shape index (κ1) is 23.4. The zero-order valence-electron chi connectivity index (χ0n) is 18.4. The van der Waals surface area contributed by atoms with Crippen molar-refractivity contribution in [3.63, 3.8) is 0 Å². The molecule has 0 aromatic heterocycles. The molecular formula is C26H21BrN2O5S. The van der Waals surface area contributed by atoms with Gasteiger partial charge < -0.3 is 14.7 Å². The topological polar surface area (TPSA) is 95.9 Å². The molecule has 0 saturated carbocycles. The Labute approximate surface area is 214 Å². The fourth-order valence-electron chi connectivity index (χ4n) is 4.55. The minimum atomic E-state index is -1.05. The first-order valence-electron chi connectivity index (χ1n) is 11.0. The van der Waals surface area contributed by atoms with Crippen LogP contribution in [0.4, 0.5) is 10.5 Å². The second-order valence-electron chi connectivity index (χ2n) is 8.27. The number of benzene rings is 3. The van der Waals surface area contributed by atoms with Crippen LogP contribution < -0.4 is 5.32 Å². The number of nitrogens with one attached hydrogen (secondary N) is 1. The van der Waals surface area contributed by atoms with Gasteiger partial charge >= 0.3 is 12.1 Å². The van der Waals surface area contributed by atoms with E-state index >= 15 is 0 Å². The van der Waals surface area contributed by atoms with Gasteiger partial charge in [-0.15, -0.1) is 11.8 Å². The van der Waals surface area contributed by atoms with E-state index in [1.165, 1.54) is 16.7 Å². The van der Waals surface area contributed by atoms with Gasteiger partial charge in [0.25, 0.3) is 5.91 Å². The molecule has 35 heavy (non-hydrogen) atoms. The van der Waals surface area contributed by atoms with Gasteiger partial charge in [0.05, 0.1) is 17.1 Å². The summed E-state index contributed by atoms with van der Waals surface area (Å²) in [5.74, 6) is -0.992. The lowest BCUT2D eigenvalue weighted by molar-refractivity contribution is -0.140. The van der Waals surface area contributed by atoms with Crippen LogP contribution in [-0.2, 0) is 9.53 Å². The van der Waals surface area contributed by atoms with E-state index < -0.39 is 24.0 Å². The first-order chi connectivity index (χ1) is 16.9. The highest BCUT2D eigenvalue weighted by atomic mass is 79.9. The van der Waals surface area contributed by atoms with E-state index in [2.05, 4.69) is 33.4 Å². The van der Waals surface area contributed by atoms with Crippen molar-refractivity contribution in [3.8, 4) is 11.1 Å². The minimum absolute atomic E-state index is 0.0882. The van der Waals surface area contributed by atoms with Crippen molar-refractivity contribution in [3.05, 3.63) is 87.9 Å². The Morgan fingerprint density at radius 3 is 2.34 bits per heavy atom. The highest BCUT2D eigenvalue weighted by molar-refractivity contribution is 9.10. The van der Waals surface area contributed by atoms with Gasteiger partial charge in [-0.05, 0) is 40.5 Å². The molecule has 0 bridgehead atoms. The number of carbonyl (C=O) groups is 3. The Hall–Kier alpha value is -3.30. The number of hydrogen-bond donors (Lipinski definition) is 2. The van der Waals surface area contributed by atoms with Crippen LogP contribution in [0.15, 0.2) is 71.2 Å². The maximum absolute atomic E-state index is 13.2. The van der Waals surface area contributed by atoms with Crippen molar-refractivity contribution in [2.75, 3.05) is 23.6 Å². The molecule has 7 nitrogen and oxygen atoms in total. The van der Waals surface area contributed by atoms with Crippen LogP contribution in [0.5, 0.6) is 0 Å². The van der Waals surface area contributed by atoms with Gasteiger partial charge in [0.1, 0.15) is 12.6 Å². The van der Waals surface area contributed by atoms with Gasteiger partial charge in [-0.3, -0.25) is 10.1 Å². The molecule has 2 aliphatic rings. The molecule has 1 saturated heterocycles. The quantitative estimate of drug-likeness (QED) is 0.439. The normalized spacial score (nSPS) is 16.5. The fourth-order valence-corrected chi connectivity index (χ4v) is 6.06. The zero-order chi connectivity index (χ0) is 24.5. The molecule has 1 fully saturated rings. The molecule has 1 aliphatic heterocycles. The van der Waals surface area contributed by atoms with Crippen LogP contribution in [0, 0.1) is 0 Å². The second kappa shape index (κ2) is 9.75. The number of carboxylic acid groups (broad SMARTS) is 1. The number of fused-ring (bicyclic) bond motifs is 3. The van der Waals surface area contributed by atoms with E-state index in [0.29, 0.717) is 10.2 Å². The van der Waals surface area contributed by atoms with Crippen molar-refractivity contribution >= 4 is 51.3 Å². The predicted octanol–water partition coefficient (Wildman–Crippen LogP) is 5.41. The van der Waals surface area contributed by atoms with Gasteiger partial charge in [-0.2, -0.15) is 0 Å². The largest absolute Gasteiger partial charge is 0.480 e. The molecule has 2 amide bonds. The van der Waals surface area contributed by atoms with E-state index in [1.54, 1.807) is 18.2 Å². The third-order valence-electron chi connectivity index (χ3n) is 6.22. The van der Waals surface area contributed by atoms with Gasteiger partial charge in [0.2, 0.25) is 0 Å². The van der Waals surface area contributed by atoms with Crippen molar-refractivity contribution in [2.45, 2.75) is 12.0 Å². The second-order valence-corrected chi connectivity index (χ2v) is 10.2. The Balaban J connectivity index is 1.33. The summed E-state index contributed by atoms with van der Waals surface area (Å²) in [6.45, 7) is 0.140. The van der Waals surface area contributed by atoms with Crippen molar-refractivity contribution in [1.82, 2.24) is 4.90 Å². The number of anilines is 1. The van der Waals surface area contributed by atoms with Crippen LogP contribution in [0.3, 0.4) is 0 Å². The van der Waals surface area contributed by atoms with E-state index in [4.69, 9.17) is 4.74 Å². The number of aliphatic carboxylic acids is 1. The third kappa shape index (κ3) is 4.53. The number of carboxylic acids is 1. The number of nitrogens with zero attached hydrogens (tertiary/aromatic N) is 1. The number of carbonyl (C=O) groups excluding carboxylic acids is 2. The van der Waals surface area contributed by atoms with E-state index in [-0.39, 0.29) is 29.7 Å². The summed E-state index contributed by atoms with van der Waals surface area (Å²) in [7, 11) is 0. The van der Waals surface area contributed by atoms with Crippen LogP contribution in [-0.4, -0.2) is 52.3 Å². The van der Waals surface area contributed by atoms with Gasteiger partial charge in [-0.25, -0.2) is 9.59 Å². The molecule has 1 aliphatic carbocycles. The Morgan fingerprint density at radius 1 is 1.03 bits per heavy atom. The molecule has 0 spiro atoms. The molecule has 9 heteroatoms. The average molecular weight is 553 g/mol. The lowest BCUT2D eigenvalue weighted by Gasteiger charge is -2.22. The first-order valence-corrected chi connectivity index (χ1v) is 12.9. The Bertz CT molecular complexity index is 1290. The van der Waals surface area contributed by atoms with Crippen LogP contribution in [0.1, 0.15) is 27.4 Å². The molecule has 178 valence electrons. The van der Waals surface area contributed by atoms with Gasteiger partial charge in [0, 0.05) is 16.1 Å². The molecule has 5 rings (SSSR count). The number of thioether (sulfide) groups is 1. The maximum Gasteiger partial charge on any atom is 0.411 e. The third-order valence-corrected chi connectivity index (χ3v) is 7.73. The van der Waals surface area contributed by atoms with Gasteiger partial charge in [0.15, 0.2) is 0 Å². The molecule has 1 atom stereocenters. The molecule has 1 heterocycles. The van der Waals surface area contributed by atoms with E-state index in [0.717, 1.165) is 22.3 Å². The standard InChI is InChI=1S/C26H21BrN2O5S/c27-15-9-10-20(24(30)29-14-35-13-23(29)25(31)32)22(11-15)28-26(33)34-12-21-18-7-3-1-5-16(18)17-6-2-4-8-19(17)21/h1-11,21,23H,12-14H2,(H,28,33)(H,31,32). The number of hydrogen-bond acceptors (Lipinski definition) is 5. The maximum atomic E-state index is 13.2. The van der Waals surface area contributed by atoms with Gasteiger partial charge in [-0.1, -0.05) is 64.5 Å². The molecule has 3 aromatic carbocycles. The summed E-state index contributed by atoms with van der Waals surface area (Å²) >= 11 is 4.75. The Morgan fingerprint density at radius 2 is 1.69 bits per heavy atom. The highest BCUT2D eigenvalue weighted by Crippen LogP contribution is 2.44. The van der Waals surface area contributed by atoms with Crippen LogP contribution >= 0.6 is 27.7 Å². The van der Waals surface area contributed by atoms with E-state index in [1.807, 2.05) is 36.4 Å². The summed E-state index contributed by atoms with van der Waals surface area (Å²) in [5.41, 5.74) is 4.93. The summed E-state index contributed by atoms with van der Waals surface area (Å²) in [6.07, 6.45) is -0.690. The molecule has 1 unspecified atom stereocenters. The Kier molecular flexibility index (Phi) is 6.53. The number of ether oxygens (including phenoxy) is 1. The van der Waals surface area contributed by atoms with Crippen molar-refractivity contribution < 1.29 is 24.2 Å². The summed E-state index contributed by atoms with van der Waals surface area (Å²) in [4.78, 5) is 38.8. The average Bonchev–Trinajstić information content (AvgIpc) is 3.46. The summed E-state index contributed by atoms with van der Waals surface area (Å²) < 4.78 is 6.28. The monoisotopic (exact) mass is 552 g/mol. The molecule has 2 N–H and O–H groups in total. The fraction of sp³-hybridized carbons (Fsp3) is 0.192. The molecule has 3 aromatic rings. The highest BCUT2D eigenvalue weighted by Gasteiger charge is 2.36. The lowest BCUT2D eigenvalue weighted by Crippen LogP contribution is -2.42. The smallest absolute Gasteiger partial charge is 0.411 e. The van der Waals surface area contributed by atoms with Crippen LogP contribution in [0.2, 0.25) is 0 Å². The SMILES string of the molecule is O=C(Nc1cc(Br)ccc1C(=O)N1CSCC1C(=O)O)OCC1c2ccccc2-c2ccccc21. The van der Waals surface area contributed by atoms with Crippen molar-refractivity contribution in [1.29, 1.82) is 0 Å². The molecular weight excluding hydrogens is 532 g/mol. The number of rotatable bonds is 5. The van der Waals surface area contributed by atoms with Crippen molar-refractivity contribution in [2.24, 2.45) is 0 Å². The minimum Gasteiger partial charge on any atom is -0.480 e. The van der Waals surface area contributed by atoms with E-state index in [9.17, 15) is 19.5 Å². The zero-order valence-corrected chi connectivity index (χ0v) is 20.8. The lowest BCUT2D eigenvalue weighted by atomic mass is 9.98. The predicted molar refractivity (Wildman–Crippen MR) is 138 cm³/mol. The molecule has 0 radical (unpaired) electrons. The number of halogens is 1.